The van der Waals surface area contributed by atoms with Crippen molar-refractivity contribution in [3.05, 3.63) is 72.3 Å². The molecule has 4 heterocycles. The first-order valence-electron chi connectivity index (χ1n) is 10.0. The van der Waals surface area contributed by atoms with E-state index in [0.717, 1.165) is 30.0 Å². The summed E-state index contributed by atoms with van der Waals surface area (Å²) in [6.45, 7) is 8.84. The Kier molecular flexibility index (Phi) is 5.62. The summed E-state index contributed by atoms with van der Waals surface area (Å²) in [7, 11) is 2.19. The molecule has 1 N–H and O–H groups in total. The van der Waals surface area contributed by atoms with Crippen LogP contribution in [-0.4, -0.2) is 57.7 Å². The van der Waals surface area contributed by atoms with Crippen molar-refractivity contribution in [1.82, 2.24) is 24.5 Å². The van der Waals surface area contributed by atoms with Crippen LogP contribution in [-0.2, 0) is 0 Å². The van der Waals surface area contributed by atoms with Crippen LogP contribution in [0.1, 0.15) is 11.1 Å². The summed E-state index contributed by atoms with van der Waals surface area (Å²) in [6.07, 6.45) is 7.46. The van der Waals surface area contributed by atoms with Crippen LogP contribution in [0.25, 0.3) is 16.9 Å². The summed E-state index contributed by atoms with van der Waals surface area (Å²) in [4.78, 5) is 9.16. The molecule has 1 aromatic carbocycles. The second kappa shape index (κ2) is 8.49. The van der Waals surface area contributed by atoms with Crippen LogP contribution in [0, 0.1) is 13.8 Å². The molecule has 6 heteroatoms. The molecule has 0 radical (unpaired) electrons. The number of nitrogens with zero attached hydrogens (tertiary/aromatic N) is 5. The van der Waals surface area contributed by atoms with Crippen LogP contribution < -0.4 is 4.90 Å². The summed E-state index contributed by atoms with van der Waals surface area (Å²) in [5, 5.41) is 6.77. The highest BCUT2D eigenvalue weighted by atomic mass is 15.2. The zero-order valence-electron chi connectivity index (χ0n) is 17.3. The number of nitrogens with one attached hydrogen (secondary N) is 1. The van der Waals surface area contributed by atoms with Crippen molar-refractivity contribution in [2.24, 2.45) is 0 Å². The molecule has 3 aromatic heterocycles. The fraction of sp³-hybridized carbons (Fsp3) is 0.304. The molecule has 5 rings (SSSR count). The maximum absolute atomic E-state index is 4.32. The molecule has 0 bridgehead atoms. The number of aromatic nitrogens is 4. The number of benzene rings is 1. The van der Waals surface area contributed by atoms with Crippen molar-refractivity contribution in [2.45, 2.75) is 13.8 Å². The third kappa shape index (κ3) is 4.32. The van der Waals surface area contributed by atoms with E-state index in [-0.39, 0.29) is 0 Å². The van der Waals surface area contributed by atoms with Gasteiger partial charge in [-0.3, -0.25) is 9.50 Å². The zero-order valence-corrected chi connectivity index (χ0v) is 17.3. The van der Waals surface area contributed by atoms with Gasteiger partial charge in [0.15, 0.2) is 0 Å². The van der Waals surface area contributed by atoms with Gasteiger partial charge in [-0.15, -0.1) is 0 Å². The van der Waals surface area contributed by atoms with E-state index in [4.69, 9.17) is 0 Å². The minimum absolute atomic E-state index is 0.994. The van der Waals surface area contributed by atoms with E-state index in [9.17, 15) is 0 Å². The van der Waals surface area contributed by atoms with Crippen LogP contribution >= 0.6 is 0 Å². The third-order valence-corrected chi connectivity index (χ3v) is 5.44. The average molecular weight is 389 g/mol. The second-order valence-corrected chi connectivity index (χ2v) is 7.64. The molecule has 29 heavy (non-hydrogen) atoms. The van der Waals surface area contributed by atoms with Crippen molar-refractivity contribution in [2.75, 3.05) is 38.1 Å². The fourth-order valence-electron chi connectivity index (χ4n) is 3.59. The van der Waals surface area contributed by atoms with Gasteiger partial charge < -0.3 is 9.80 Å². The number of H-pyrrole nitrogens is 1. The molecule has 0 aliphatic carbocycles. The van der Waals surface area contributed by atoms with Crippen LogP contribution in [0.2, 0.25) is 0 Å². The van der Waals surface area contributed by atoms with Gasteiger partial charge >= 0.3 is 0 Å². The Bertz CT molecular complexity index is 1040. The lowest BCUT2D eigenvalue weighted by Crippen LogP contribution is -2.44. The Morgan fingerprint density at radius 3 is 2.38 bits per heavy atom. The summed E-state index contributed by atoms with van der Waals surface area (Å²) >= 11 is 0. The molecule has 1 saturated heterocycles. The van der Waals surface area contributed by atoms with Gasteiger partial charge in [0.05, 0.1) is 11.9 Å². The molecule has 150 valence electrons. The number of hydrogen-bond acceptors (Lipinski definition) is 4. The highest BCUT2D eigenvalue weighted by molar-refractivity contribution is 5.64. The molecular weight excluding hydrogens is 360 g/mol. The van der Waals surface area contributed by atoms with Crippen molar-refractivity contribution in [3.8, 4) is 11.3 Å². The molecule has 0 atom stereocenters. The van der Waals surface area contributed by atoms with E-state index < -0.39 is 0 Å². The number of fused-ring (bicyclic) bond motifs is 1. The number of imidazole rings is 1. The van der Waals surface area contributed by atoms with E-state index in [1.807, 2.05) is 24.8 Å². The molecule has 6 nitrogen and oxygen atoms in total. The smallest absolute Gasteiger partial charge is 0.140 e. The molecule has 4 aromatic rings. The summed E-state index contributed by atoms with van der Waals surface area (Å²) in [5.74, 6) is 0. The van der Waals surface area contributed by atoms with E-state index in [2.05, 4.69) is 86.7 Å². The van der Waals surface area contributed by atoms with Gasteiger partial charge in [0.1, 0.15) is 5.65 Å². The number of pyridine rings is 1. The SMILES string of the molecule is Cc1ccc(-c2cn[nH]c2)n2ccnc12.Cc1ccc(N2CCN(C)CC2)cc1. The number of anilines is 1. The second-order valence-electron chi connectivity index (χ2n) is 7.64. The predicted octanol–water partition coefficient (Wildman–Crippen LogP) is 3.78. The number of rotatable bonds is 2. The molecule has 0 unspecified atom stereocenters. The first-order chi connectivity index (χ1) is 14.1. The van der Waals surface area contributed by atoms with E-state index >= 15 is 0 Å². The zero-order chi connectivity index (χ0) is 20.2. The van der Waals surface area contributed by atoms with Gasteiger partial charge in [-0.25, -0.2) is 4.98 Å². The molecule has 0 spiro atoms. The molecule has 0 amide bonds. The van der Waals surface area contributed by atoms with Gasteiger partial charge in [0.2, 0.25) is 0 Å². The molecule has 1 aliphatic rings. The maximum Gasteiger partial charge on any atom is 0.140 e. The Morgan fingerprint density at radius 2 is 1.69 bits per heavy atom. The van der Waals surface area contributed by atoms with Gasteiger partial charge in [-0.05, 0) is 44.7 Å². The van der Waals surface area contributed by atoms with Gasteiger partial charge in [-0.1, -0.05) is 23.8 Å². The van der Waals surface area contributed by atoms with Crippen molar-refractivity contribution < 1.29 is 0 Å². The minimum atomic E-state index is 0.994. The topological polar surface area (TPSA) is 52.5 Å². The van der Waals surface area contributed by atoms with Crippen LogP contribution in [0.3, 0.4) is 0 Å². The van der Waals surface area contributed by atoms with E-state index in [1.54, 1.807) is 0 Å². The lowest BCUT2D eigenvalue weighted by atomic mass is 10.2. The quantitative estimate of drug-likeness (QED) is 0.568. The molecular formula is C23H28N6. The largest absolute Gasteiger partial charge is 0.369 e. The standard InChI is InChI=1S/C12H18N2.C11H10N4/c1-11-3-5-12(6-4-11)14-9-7-13(2)8-10-14;1-8-2-3-10(9-6-13-14-7-9)15-5-4-12-11(8)15/h3-6H,7-10H2,1-2H3;2-7H,1H3,(H,13,14). The third-order valence-electron chi connectivity index (χ3n) is 5.44. The van der Waals surface area contributed by atoms with Gasteiger partial charge in [0, 0.05) is 56.0 Å². The monoisotopic (exact) mass is 388 g/mol. The lowest BCUT2D eigenvalue weighted by molar-refractivity contribution is 0.313. The highest BCUT2D eigenvalue weighted by Gasteiger charge is 2.13. The number of aryl methyl sites for hydroxylation is 2. The predicted molar refractivity (Wildman–Crippen MR) is 118 cm³/mol. The normalized spacial score (nSPS) is 14.7. The lowest BCUT2D eigenvalue weighted by Gasteiger charge is -2.34. The van der Waals surface area contributed by atoms with Crippen molar-refractivity contribution in [1.29, 1.82) is 0 Å². The highest BCUT2D eigenvalue weighted by Crippen LogP contribution is 2.21. The fourth-order valence-corrected chi connectivity index (χ4v) is 3.59. The Balaban J connectivity index is 0.000000142. The van der Waals surface area contributed by atoms with Crippen LogP contribution in [0.5, 0.6) is 0 Å². The maximum atomic E-state index is 4.32. The number of likely N-dealkylation sites (N-methyl/N-ethyl adjacent to an activating group) is 1. The molecule has 1 aliphatic heterocycles. The summed E-state index contributed by atoms with van der Waals surface area (Å²) < 4.78 is 2.07. The molecule has 1 fully saturated rings. The number of piperazine rings is 1. The van der Waals surface area contributed by atoms with Crippen molar-refractivity contribution >= 4 is 11.3 Å². The van der Waals surface area contributed by atoms with Gasteiger partial charge in [0.25, 0.3) is 0 Å². The Hall–Kier alpha value is -3.12. The molecule has 0 saturated carbocycles. The minimum Gasteiger partial charge on any atom is -0.369 e. The first-order valence-corrected chi connectivity index (χ1v) is 10.0. The van der Waals surface area contributed by atoms with Gasteiger partial charge in [-0.2, -0.15) is 5.10 Å². The van der Waals surface area contributed by atoms with Crippen LogP contribution in [0.4, 0.5) is 5.69 Å². The van der Waals surface area contributed by atoms with E-state index in [1.165, 1.54) is 29.9 Å². The summed E-state index contributed by atoms with van der Waals surface area (Å²) in [6, 6.07) is 13.0. The van der Waals surface area contributed by atoms with E-state index in [0.29, 0.717) is 0 Å². The Labute approximate surface area is 171 Å². The number of hydrogen-bond donors (Lipinski definition) is 1. The Morgan fingerprint density at radius 1 is 0.931 bits per heavy atom. The van der Waals surface area contributed by atoms with Crippen LogP contribution in [0.15, 0.2) is 61.2 Å². The average Bonchev–Trinajstić information content (AvgIpc) is 3.43. The number of aromatic amines is 1. The first kappa shape index (κ1) is 19.2. The van der Waals surface area contributed by atoms with Crippen molar-refractivity contribution in [3.63, 3.8) is 0 Å². The summed E-state index contributed by atoms with van der Waals surface area (Å²) in [5.41, 5.74) is 7.03.